The molecule has 0 aliphatic carbocycles. The Hall–Kier alpha value is -2.25. The molecule has 0 aromatic heterocycles. The van der Waals surface area contributed by atoms with Gasteiger partial charge in [-0.1, -0.05) is 20.8 Å². The molecule has 2 unspecified atom stereocenters. The maximum atomic E-state index is 14.6. The predicted octanol–water partition coefficient (Wildman–Crippen LogP) is 1.20. The summed E-state index contributed by atoms with van der Waals surface area (Å²) >= 11 is 0. The molecule has 0 radical (unpaired) electrons. The van der Waals surface area contributed by atoms with Crippen LogP contribution in [0.3, 0.4) is 0 Å². The van der Waals surface area contributed by atoms with Gasteiger partial charge in [0.15, 0.2) is 6.29 Å². The molecular formula is C25H39N2O11P. The molecule has 0 saturated carbocycles. The maximum absolute atomic E-state index is 14.6. The molecule has 0 bridgehead atoms. The van der Waals surface area contributed by atoms with E-state index in [0.29, 0.717) is 18.6 Å². The minimum absolute atomic E-state index is 0.115. The Labute approximate surface area is 227 Å². The molecule has 2 saturated heterocycles. The molecule has 14 heteroatoms. The van der Waals surface area contributed by atoms with Gasteiger partial charge in [0.05, 0.1) is 20.3 Å². The summed E-state index contributed by atoms with van der Waals surface area (Å²) in [7, 11) is -3.02. The average molecular weight is 575 g/mol. The first-order valence-electron chi connectivity index (χ1n) is 12.7. The highest BCUT2D eigenvalue weighted by molar-refractivity contribution is 7.51. The quantitative estimate of drug-likeness (QED) is 0.233. The van der Waals surface area contributed by atoms with Gasteiger partial charge in [0.25, 0.3) is 0 Å². The van der Waals surface area contributed by atoms with Crippen LogP contribution in [-0.4, -0.2) is 95.4 Å². The van der Waals surface area contributed by atoms with E-state index >= 15 is 0 Å². The number of methoxy groups -OCH3 is 1. The van der Waals surface area contributed by atoms with Crippen molar-refractivity contribution in [3.05, 3.63) is 24.3 Å². The van der Waals surface area contributed by atoms with Crippen LogP contribution in [0.25, 0.3) is 0 Å². The van der Waals surface area contributed by atoms with Crippen molar-refractivity contribution in [3.8, 4) is 11.5 Å². The van der Waals surface area contributed by atoms with Crippen LogP contribution >= 0.6 is 7.75 Å². The molecule has 7 atom stereocenters. The van der Waals surface area contributed by atoms with E-state index in [9.17, 15) is 29.5 Å². The van der Waals surface area contributed by atoms with Gasteiger partial charge in [-0.25, -0.2) is 4.57 Å². The van der Waals surface area contributed by atoms with E-state index in [0.717, 1.165) is 0 Å². The van der Waals surface area contributed by atoms with E-state index in [1.807, 2.05) is 20.8 Å². The average Bonchev–Trinajstić information content (AvgIpc) is 3.38. The van der Waals surface area contributed by atoms with E-state index in [2.05, 4.69) is 5.32 Å². The molecule has 1 aromatic carbocycles. The summed E-state index contributed by atoms with van der Waals surface area (Å²) in [6, 6.07) is 3.79. The van der Waals surface area contributed by atoms with Crippen LogP contribution < -0.4 is 14.6 Å². The van der Waals surface area contributed by atoms with Gasteiger partial charge in [-0.15, -0.1) is 0 Å². The minimum atomic E-state index is -4.50. The summed E-state index contributed by atoms with van der Waals surface area (Å²) in [6.07, 6.45) is -5.41. The maximum Gasteiger partial charge on any atom is 0.462 e. The van der Waals surface area contributed by atoms with E-state index in [-0.39, 0.29) is 24.3 Å². The Bertz CT molecular complexity index is 1030. The van der Waals surface area contributed by atoms with Gasteiger partial charge in [-0.2, -0.15) is 4.67 Å². The van der Waals surface area contributed by atoms with Gasteiger partial charge in [0.2, 0.25) is 5.91 Å². The molecule has 2 fully saturated rings. The highest BCUT2D eigenvalue weighted by Gasteiger charge is 2.54. The fraction of sp³-hybridized carbons (Fsp3) is 0.680. The number of amides is 1. The van der Waals surface area contributed by atoms with Crippen molar-refractivity contribution in [3.63, 3.8) is 0 Å². The SMILES string of the molecule is COc1ccc(OP(=O)(O[C@@H]2[C@H](O)[C@@H](CO)O[C@H](O)[C@@H]2NC(C)=O)N2CCCC2C(=O)OCC(C)(C)C)cc1. The molecule has 0 spiro atoms. The number of rotatable bonds is 10. The third-order valence-electron chi connectivity index (χ3n) is 6.24. The van der Waals surface area contributed by atoms with E-state index in [4.69, 9.17) is 23.3 Å². The Morgan fingerprint density at radius 3 is 2.38 bits per heavy atom. The number of aliphatic hydroxyl groups is 3. The van der Waals surface area contributed by atoms with Crippen molar-refractivity contribution in [1.29, 1.82) is 0 Å². The van der Waals surface area contributed by atoms with Crippen LogP contribution in [0.15, 0.2) is 24.3 Å². The number of carbonyl (C=O) groups excluding carboxylic acids is 2. The first-order valence-corrected chi connectivity index (χ1v) is 14.2. The van der Waals surface area contributed by atoms with Crippen LogP contribution in [0.5, 0.6) is 11.5 Å². The van der Waals surface area contributed by atoms with Gasteiger partial charge in [-0.05, 0) is 42.5 Å². The zero-order valence-electron chi connectivity index (χ0n) is 22.8. The third kappa shape index (κ3) is 7.91. The van der Waals surface area contributed by atoms with Crippen LogP contribution in [0, 0.1) is 5.41 Å². The van der Waals surface area contributed by atoms with Crippen LogP contribution in [0.4, 0.5) is 0 Å². The summed E-state index contributed by atoms with van der Waals surface area (Å²) in [4.78, 5) is 25.0. The lowest BCUT2D eigenvalue weighted by atomic mass is 9.97. The Balaban J connectivity index is 1.99. The monoisotopic (exact) mass is 574 g/mol. The van der Waals surface area contributed by atoms with Gasteiger partial charge in [0.1, 0.15) is 41.9 Å². The topological polar surface area (TPSA) is 173 Å². The number of esters is 1. The number of nitrogens with zero attached hydrogens (tertiary/aromatic N) is 1. The number of aliphatic hydroxyl groups excluding tert-OH is 3. The summed E-state index contributed by atoms with van der Waals surface area (Å²) < 4.78 is 43.7. The van der Waals surface area contributed by atoms with Gasteiger partial charge < -0.3 is 39.4 Å². The number of hydrogen-bond donors (Lipinski definition) is 4. The highest BCUT2D eigenvalue weighted by atomic mass is 31.2. The van der Waals surface area contributed by atoms with Crippen molar-refractivity contribution < 1.29 is 52.7 Å². The second-order valence-electron chi connectivity index (χ2n) is 10.8. The number of nitrogens with one attached hydrogen (secondary N) is 1. The van der Waals surface area contributed by atoms with Crippen molar-refractivity contribution >= 4 is 19.6 Å². The van der Waals surface area contributed by atoms with Crippen LogP contribution in [-0.2, 0) is 28.2 Å². The number of ether oxygens (including phenoxy) is 3. The van der Waals surface area contributed by atoms with Crippen LogP contribution in [0.1, 0.15) is 40.5 Å². The number of benzene rings is 1. The Morgan fingerprint density at radius 1 is 1.18 bits per heavy atom. The zero-order chi connectivity index (χ0) is 29.0. The third-order valence-corrected chi connectivity index (χ3v) is 8.30. The first kappa shape index (κ1) is 31.3. The van der Waals surface area contributed by atoms with E-state index < -0.39 is 62.9 Å². The lowest BCUT2D eigenvalue weighted by molar-refractivity contribution is -0.250. The highest BCUT2D eigenvalue weighted by Crippen LogP contribution is 2.57. The molecule has 2 aliphatic heterocycles. The fourth-order valence-corrected chi connectivity index (χ4v) is 6.48. The van der Waals surface area contributed by atoms with Crippen molar-refractivity contribution in [2.24, 2.45) is 5.41 Å². The first-order chi connectivity index (χ1) is 18.3. The smallest absolute Gasteiger partial charge is 0.462 e. The van der Waals surface area contributed by atoms with Crippen molar-refractivity contribution in [2.75, 3.05) is 26.9 Å². The van der Waals surface area contributed by atoms with Gasteiger partial charge >= 0.3 is 13.7 Å². The predicted molar refractivity (Wildman–Crippen MR) is 138 cm³/mol. The number of carbonyl (C=O) groups is 2. The standard InChI is InChI=1S/C25H39N2O11P/c1-15(29)26-20-22(21(30)19(13-28)36-24(20)32)38-39(33,37-17-10-8-16(34-5)9-11-17)27-12-6-7-18(27)23(31)35-14-25(2,3)4/h8-11,18-22,24,28,30,32H,6-7,12-14H2,1-5H3,(H,26,29)/t18?,19-,20-,21-,22+,24+,39?/m1/s1. The molecule has 1 aromatic rings. The molecule has 13 nitrogen and oxygen atoms in total. The molecule has 1 amide bonds. The second kappa shape index (κ2) is 12.9. The Morgan fingerprint density at radius 2 is 1.82 bits per heavy atom. The molecular weight excluding hydrogens is 535 g/mol. The van der Waals surface area contributed by atoms with Crippen molar-refractivity contribution in [2.45, 2.75) is 77.2 Å². The van der Waals surface area contributed by atoms with E-state index in [1.54, 1.807) is 12.1 Å². The molecule has 4 N–H and O–H groups in total. The second-order valence-corrected chi connectivity index (χ2v) is 12.6. The largest absolute Gasteiger partial charge is 0.497 e. The fourth-order valence-electron chi connectivity index (χ4n) is 4.32. The van der Waals surface area contributed by atoms with Crippen LogP contribution in [0.2, 0.25) is 0 Å². The lowest BCUT2D eigenvalue weighted by Gasteiger charge is -2.44. The lowest BCUT2D eigenvalue weighted by Crippen LogP contribution is -2.64. The summed E-state index contributed by atoms with van der Waals surface area (Å²) in [5, 5.41) is 33.6. The zero-order valence-corrected chi connectivity index (χ0v) is 23.7. The molecule has 2 aliphatic rings. The Kier molecular flexibility index (Phi) is 10.4. The normalized spacial score (nSPS) is 29.3. The van der Waals surface area contributed by atoms with E-state index in [1.165, 1.54) is 30.8 Å². The molecule has 2 heterocycles. The molecule has 3 rings (SSSR count). The minimum Gasteiger partial charge on any atom is -0.497 e. The van der Waals surface area contributed by atoms with Gasteiger partial charge in [0, 0.05) is 13.5 Å². The molecule has 220 valence electrons. The summed E-state index contributed by atoms with van der Waals surface area (Å²) in [6.45, 7) is 6.48. The van der Waals surface area contributed by atoms with Gasteiger partial charge in [-0.3, -0.25) is 14.1 Å². The van der Waals surface area contributed by atoms with Crippen molar-refractivity contribution in [1.82, 2.24) is 9.99 Å². The number of hydrogen-bond acceptors (Lipinski definition) is 11. The molecule has 39 heavy (non-hydrogen) atoms. The summed E-state index contributed by atoms with van der Waals surface area (Å²) in [5.41, 5.74) is -0.299. The summed E-state index contributed by atoms with van der Waals surface area (Å²) in [5.74, 6) is -0.558.